The third kappa shape index (κ3) is 6.15. The second-order valence-corrected chi connectivity index (χ2v) is 6.23. The van der Waals surface area contributed by atoms with E-state index >= 15 is 0 Å². The lowest BCUT2D eigenvalue weighted by molar-refractivity contribution is -0.122. The Morgan fingerprint density at radius 2 is 1.72 bits per heavy atom. The van der Waals surface area contributed by atoms with Crippen LogP contribution in [0.3, 0.4) is 0 Å². The van der Waals surface area contributed by atoms with Crippen LogP contribution in [0.4, 0.5) is 0 Å². The highest BCUT2D eigenvalue weighted by atomic mass is 32.1. The number of unbranched alkanes of at least 4 members (excludes halogenated alkanes) is 2. The van der Waals surface area contributed by atoms with Crippen LogP contribution in [0.25, 0.3) is 10.8 Å². The van der Waals surface area contributed by atoms with E-state index in [1.165, 1.54) is 0 Å². The zero-order chi connectivity index (χ0) is 18.1. The van der Waals surface area contributed by atoms with Crippen LogP contribution >= 0.6 is 12.2 Å². The first kappa shape index (κ1) is 18.9. The van der Waals surface area contributed by atoms with Gasteiger partial charge in [0.05, 0.1) is 6.42 Å². The van der Waals surface area contributed by atoms with Gasteiger partial charge in [0.2, 0.25) is 11.8 Å². The Kier molecular flexibility index (Phi) is 7.35. The van der Waals surface area contributed by atoms with E-state index in [-0.39, 0.29) is 23.3 Å². The minimum atomic E-state index is -0.228. The SMILES string of the molecule is CCCCCC(=O)NNC(=S)NC(=O)Cc1cccc2ccccc12. The first-order valence-electron chi connectivity index (χ1n) is 8.45. The summed E-state index contributed by atoms with van der Waals surface area (Å²) in [6.45, 7) is 2.08. The maximum atomic E-state index is 12.2. The number of rotatable bonds is 6. The number of nitrogens with one attached hydrogen (secondary N) is 3. The van der Waals surface area contributed by atoms with Crippen molar-refractivity contribution in [2.24, 2.45) is 0 Å². The molecule has 2 rings (SSSR count). The van der Waals surface area contributed by atoms with Crippen LogP contribution < -0.4 is 16.2 Å². The molecule has 0 unspecified atom stereocenters. The summed E-state index contributed by atoms with van der Waals surface area (Å²) in [5, 5.41) is 4.81. The van der Waals surface area contributed by atoms with Gasteiger partial charge in [-0.2, -0.15) is 0 Å². The molecule has 0 aliphatic carbocycles. The second-order valence-electron chi connectivity index (χ2n) is 5.82. The summed E-state index contributed by atoms with van der Waals surface area (Å²) in [7, 11) is 0. The molecule has 3 N–H and O–H groups in total. The molecule has 2 aromatic carbocycles. The number of hydrogen-bond acceptors (Lipinski definition) is 3. The molecular weight excluding hydrogens is 334 g/mol. The number of hydrogen-bond donors (Lipinski definition) is 3. The number of benzene rings is 2. The number of carbonyl (C=O) groups is 2. The molecule has 0 saturated carbocycles. The number of amides is 2. The predicted molar refractivity (Wildman–Crippen MR) is 104 cm³/mol. The van der Waals surface area contributed by atoms with E-state index in [1.54, 1.807) is 0 Å². The van der Waals surface area contributed by atoms with Crippen LogP contribution in [-0.2, 0) is 16.0 Å². The molecule has 6 heteroatoms. The van der Waals surface area contributed by atoms with E-state index in [1.807, 2.05) is 42.5 Å². The minimum absolute atomic E-state index is 0.0917. The van der Waals surface area contributed by atoms with Gasteiger partial charge >= 0.3 is 0 Å². The van der Waals surface area contributed by atoms with Gasteiger partial charge in [0.1, 0.15) is 0 Å². The zero-order valence-electron chi connectivity index (χ0n) is 14.3. The molecule has 0 saturated heterocycles. The Bertz CT molecular complexity index is 756. The fraction of sp³-hybridized carbons (Fsp3) is 0.316. The van der Waals surface area contributed by atoms with Crippen molar-refractivity contribution in [3.8, 4) is 0 Å². The predicted octanol–water partition coefficient (Wildman–Crippen LogP) is 2.98. The molecule has 0 bridgehead atoms. The molecule has 132 valence electrons. The van der Waals surface area contributed by atoms with Gasteiger partial charge in [0.15, 0.2) is 5.11 Å². The van der Waals surface area contributed by atoms with Gasteiger partial charge in [-0.25, -0.2) is 0 Å². The zero-order valence-corrected chi connectivity index (χ0v) is 15.1. The van der Waals surface area contributed by atoms with Crippen molar-refractivity contribution in [3.05, 3.63) is 48.0 Å². The largest absolute Gasteiger partial charge is 0.302 e. The quantitative estimate of drug-likeness (QED) is 0.422. The summed E-state index contributed by atoms with van der Waals surface area (Å²) in [6.07, 6.45) is 3.56. The van der Waals surface area contributed by atoms with Gasteiger partial charge in [-0.05, 0) is 35.0 Å². The molecule has 5 nitrogen and oxygen atoms in total. The summed E-state index contributed by atoms with van der Waals surface area (Å²) in [6, 6.07) is 13.8. The first-order chi connectivity index (χ1) is 12.1. The van der Waals surface area contributed by atoms with Gasteiger partial charge < -0.3 is 5.32 Å². The third-order valence-corrected chi connectivity index (χ3v) is 4.01. The molecule has 0 radical (unpaired) electrons. The molecule has 0 spiro atoms. The smallest absolute Gasteiger partial charge is 0.238 e. The van der Waals surface area contributed by atoms with Crippen LogP contribution in [0.15, 0.2) is 42.5 Å². The van der Waals surface area contributed by atoms with Crippen molar-refractivity contribution in [3.63, 3.8) is 0 Å². The van der Waals surface area contributed by atoms with Gasteiger partial charge in [0, 0.05) is 6.42 Å². The topological polar surface area (TPSA) is 70.2 Å². The van der Waals surface area contributed by atoms with E-state index in [9.17, 15) is 9.59 Å². The lowest BCUT2D eigenvalue weighted by Gasteiger charge is -2.11. The molecule has 0 aliphatic heterocycles. The molecule has 0 heterocycles. The molecule has 0 aromatic heterocycles. The van der Waals surface area contributed by atoms with E-state index < -0.39 is 0 Å². The van der Waals surface area contributed by atoms with E-state index in [4.69, 9.17) is 12.2 Å². The van der Waals surface area contributed by atoms with Gasteiger partial charge in [-0.1, -0.05) is 62.2 Å². The minimum Gasteiger partial charge on any atom is -0.302 e. The molecule has 25 heavy (non-hydrogen) atoms. The summed E-state index contributed by atoms with van der Waals surface area (Å²) in [4.78, 5) is 23.8. The van der Waals surface area contributed by atoms with Crippen molar-refractivity contribution in [2.75, 3.05) is 0 Å². The highest BCUT2D eigenvalue weighted by Gasteiger charge is 2.09. The summed E-state index contributed by atoms with van der Waals surface area (Å²) in [5.41, 5.74) is 5.99. The maximum Gasteiger partial charge on any atom is 0.238 e. The number of hydrazine groups is 1. The highest BCUT2D eigenvalue weighted by molar-refractivity contribution is 7.80. The van der Waals surface area contributed by atoms with Crippen molar-refractivity contribution in [1.82, 2.24) is 16.2 Å². The van der Waals surface area contributed by atoms with Gasteiger partial charge in [-0.15, -0.1) is 0 Å². The molecule has 0 fully saturated rings. The maximum absolute atomic E-state index is 12.2. The van der Waals surface area contributed by atoms with E-state index in [0.717, 1.165) is 35.6 Å². The van der Waals surface area contributed by atoms with Crippen LogP contribution in [0.5, 0.6) is 0 Å². The van der Waals surface area contributed by atoms with Crippen LogP contribution in [-0.4, -0.2) is 16.9 Å². The van der Waals surface area contributed by atoms with Crippen molar-refractivity contribution < 1.29 is 9.59 Å². The van der Waals surface area contributed by atoms with Crippen LogP contribution in [0, 0.1) is 0 Å². The summed E-state index contributed by atoms with van der Waals surface area (Å²) in [5.74, 6) is -0.367. The van der Waals surface area contributed by atoms with Gasteiger partial charge in [0.25, 0.3) is 0 Å². The Balaban J connectivity index is 1.81. The van der Waals surface area contributed by atoms with Crippen LogP contribution in [0.2, 0.25) is 0 Å². The molecule has 0 atom stereocenters. The number of carbonyl (C=O) groups excluding carboxylic acids is 2. The fourth-order valence-electron chi connectivity index (χ4n) is 2.55. The Morgan fingerprint density at radius 3 is 2.52 bits per heavy atom. The first-order valence-corrected chi connectivity index (χ1v) is 8.86. The average Bonchev–Trinajstić information content (AvgIpc) is 2.60. The van der Waals surface area contributed by atoms with Crippen molar-refractivity contribution in [2.45, 2.75) is 39.0 Å². The monoisotopic (exact) mass is 357 g/mol. The van der Waals surface area contributed by atoms with Crippen molar-refractivity contribution in [1.29, 1.82) is 0 Å². The Labute approximate surface area is 153 Å². The normalized spacial score (nSPS) is 10.3. The lowest BCUT2D eigenvalue weighted by Crippen LogP contribution is -2.48. The van der Waals surface area contributed by atoms with Crippen molar-refractivity contribution >= 4 is 39.9 Å². The summed E-state index contributed by atoms with van der Waals surface area (Å²) >= 11 is 5.04. The molecule has 2 amide bonds. The highest BCUT2D eigenvalue weighted by Crippen LogP contribution is 2.18. The average molecular weight is 357 g/mol. The van der Waals surface area contributed by atoms with Gasteiger partial charge in [-0.3, -0.25) is 20.4 Å². The summed E-state index contributed by atoms with van der Waals surface area (Å²) < 4.78 is 0. The van der Waals surface area contributed by atoms with Crippen LogP contribution in [0.1, 0.15) is 38.2 Å². The number of thiocarbonyl (C=S) groups is 1. The second kappa shape index (κ2) is 9.74. The standard InChI is InChI=1S/C19H23N3O2S/c1-2-3-4-12-17(23)21-22-19(25)20-18(24)13-15-10-7-9-14-8-5-6-11-16(14)15/h5-11H,2-4,12-13H2,1H3,(H,21,23)(H2,20,22,24,25). The third-order valence-electron chi connectivity index (χ3n) is 3.81. The lowest BCUT2D eigenvalue weighted by atomic mass is 10.0. The van der Waals surface area contributed by atoms with E-state index in [0.29, 0.717) is 6.42 Å². The fourth-order valence-corrected chi connectivity index (χ4v) is 2.71. The molecule has 2 aromatic rings. The molecule has 0 aliphatic rings. The van der Waals surface area contributed by atoms with E-state index in [2.05, 4.69) is 23.1 Å². The molecular formula is C19H23N3O2S. The number of fused-ring (bicyclic) bond motifs is 1. The Hall–Kier alpha value is -2.47. The Morgan fingerprint density at radius 1 is 0.960 bits per heavy atom.